The Kier molecular flexibility index (Phi) is 2.94. The molecule has 0 aromatic carbocycles. The zero-order chi connectivity index (χ0) is 8.32. The molecule has 0 aromatic rings. The average Bonchev–Trinajstić information content (AvgIpc) is 2.52. The van der Waals surface area contributed by atoms with Crippen LogP contribution in [0.3, 0.4) is 0 Å². The third-order valence-corrected chi connectivity index (χ3v) is 3.19. The lowest BCUT2D eigenvalue weighted by atomic mass is 9.80. The highest BCUT2D eigenvalue weighted by molar-refractivity contribution is 6.28. The Morgan fingerprint density at radius 1 is 1.45 bits per heavy atom. The standard InChI is InChI=1S/C9H15ClO/c1-2-9(8(11)7-10)5-3-4-6-9/h2-7H2,1H3. The molecule has 0 saturated heterocycles. The summed E-state index contributed by atoms with van der Waals surface area (Å²) in [7, 11) is 0. The second-order valence-electron chi connectivity index (χ2n) is 3.40. The van der Waals surface area contributed by atoms with Crippen molar-refractivity contribution < 1.29 is 4.79 Å². The molecule has 0 heterocycles. The van der Waals surface area contributed by atoms with E-state index in [0.29, 0.717) is 0 Å². The molecule has 1 nitrogen and oxygen atoms in total. The third kappa shape index (κ3) is 1.58. The van der Waals surface area contributed by atoms with E-state index in [2.05, 4.69) is 6.92 Å². The number of hydrogen-bond donors (Lipinski definition) is 0. The number of Topliss-reactive ketones (excluding diaryl/α,β-unsaturated/α-hetero) is 1. The summed E-state index contributed by atoms with van der Waals surface area (Å²) in [5, 5.41) is 0. The maximum Gasteiger partial charge on any atom is 0.153 e. The molecule has 0 atom stereocenters. The van der Waals surface area contributed by atoms with Crippen LogP contribution in [0.25, 0.3) is 0 Å². The summed E-state index contributed by atoms with van der Waals surface area (Å²) in [4.78, 5) is 11.4. The summed E-state index contributed by atoms with van der Waals surface area (Å²) < 4.78 is 0. The van der Waals surface area contributed by atoms with E-state index in [9.17, 15) is 4.79 Å². The van der Waals surface area contributed by atoms with Gasteiger partial charge in [-0.3, -0.25) is 4.79 Å². The Morgan fingerprint density at radius 3 is 2.36 bits per heavy atom. The van der Waals surface area contributed by atoms with Crippen LogP contribution in [0.5, 0.6) is 0 Å². The maximum absolute atomic E-state index is 11.4. The van der Waals surface area contributed by atoms with Crippen molar-refractivity contribution in [2.24, 2.45) is 5.41 Å². The minimum absolute atomic E-state index is 0.0260. The molecule has 0 aliphatic heterocycles. The predicted molar refractivity (Wildman–Crippen MR) is 46.9 cm³/mol. The van der Waals surface area contributed by atoms with Gasteiger partial charge in [0.1, 0.15) is 0 Å². The molecule has 0 unspecified atom stereocenters. The van der Waals surface area contributed by atoms with Crippen molar-refractivity contribution in [1.82, 2.24) is 0 Å². The Labute approximate surface area is 73.1 Å². The fourth-order valence-electron chi connectivity index (χ4n) is 2.02. The molecule has 1 saturated carbocycles. The van der Waals surface area contributed by atoms with E-state index in [1.807, 2.05) is 0 Å². The first kappa shape index (κ1) is 9.05. The fraction of sp³-hybridized carbons (Fsp3) is 0.889. The Morgan fingerprint density at radius 2 is 2.00 bits per heavy atom. The maximum atomic E-state index is 11.4. The van der Waals surface area contributed by atoms with Crippen molar-refractivity contribution in [2.45, 2.75) is 39.0 Å². The van der Waals surface area contributed by atoms with Crippen LogP contribution in [0.2, 0.25) is 0 Å². The van der Waals surface area contributed by atoms with E-state index in [0.717, 1.165) is 19.3 Å². The van der Waals surface area contributed by atoms with Gasteiger partial charge < -0.3 is 0 Å². The van der Waals surface area contributed by atoms with Crippen LogP contribution in [-0.2, 0) is 4.79 Å². The number of halogens is 1. The van der Waals surface area contributed by atoms with Crippen molar-refractivity contribution in [3.05, 3.63) is 0 Å². The third-order valence-electron chi connectivity index (χ3n) is 2.95. The normalized spacial score (nSPS) is 22.0. The SMILES string of the molecule is CCC1(C(=O)CCl)CCCC1. The lowest BCUT2D eigenvalue weighted by Gasteiger charge is -2.24. The van der Waals surface area contributed by atoms with Gasteiger partial charge in [0.05, 0.1) is 5.88 Å². The second kappa shape index (κ2) is 3.57. The number of hydrogen-bond acceptors (Lipinski definition) is 1. The van der Waals surface area contributed by atoms with Crippen LogP contribution < -0.4 is 0 Å². The number of alkyl halides is 1. The fourth-order valence-corrected chi connectivity index (χ4v) is 2.31. The van der Waals surface area contributed by atoms with Crippen LogP contribution in [0.15, 0.2) is 0 Å². The molecule has 1 fully saturated rings. The first-order chi connectivity index (χ1) is 5.25. The highest BCUT2D eigenvalue weighted by Crippen LogP contribution is 2.41. The van der Waals surface area contributed by atoms with Crippen molar-refractivity contribution >= 4 is 17.4 Å². The second-order valence-corrected chi connectivity index (χ2v) is 3.67. The molecule has 0 spiro atoms. The molecule has 0 radical (unpaired) electrons. The molecule has 11 heavy (non-hydrogen) atoms. The lowest BCUT2D eigenvalue weighted by Crippen LogP contribution is -2.28. The molecule has 0 amide bonds. The van der Waals surface area contributed by atoms with Gasteiger partial charge in [-0.05, 0) is 19.3 Å². The summed E-state index contributed by atoms with van der Waals surface area (Å²) >= 11 is 5.55. The molecule has 1 aliphatic rings. The van der Waals surface area contributed by atoms with Crippen LogP contribution in [0.4, 0.5) is 0 Å². The molecule has 2 heteroatoms. The van der Waals surface area contributed by atoms with Crippen LogP contribution in [0.1, 0.15) is 39.0 Å². The molecule has 64 valence electrons. The summed E-state index contributed by atoms with van der Waals surface area (Å²) in [5.41, 5.74) is -0.0260. The monoisotopic (exact) mass is 174 g/mol. The Balaban J connectivity index is 2.66. The Bertz CT molecular complexity index is 148. The van der Waals surface area contributed by atoms with E-state index in [1.54, 1.807) is 0 Å². The topological polar surface area (TPSA) is 17.1 Å². The van der Waals surface area contributed by atoms with Gasteiger partial charge in [-0.2, -0.15) is 0 Å². The van der Waals surface area contributed by atoms with Gasteiger partial charge in [-0.25, -0.2) is 0 Å². The summed E-state index contributed by atoms with van der Waals surface area (Å²) in [6, 6.07) is 0. The zero-order valence-corrected chi connectivity index (χ0v) is 7.78. The zero-order valence-electron chi connectivity index (χ0n) is 7.03. The highest BCUT2D eigenvalue weighted by atomic mass is 35.5. The van der Waals surface area contributed by atoms with E-state index < -0.39 is 0 Å². The minimum Gasteiger partial charge on any atom is -0.298 e. The van der Waals surface area contributed by atoms with Crippen molar-refractivity contribution in [3.63, 3.8) is 0 Å². The van der Waals surface area contributed by atoms with Gasteiger partial charge in [0.25, 0.3) is 0 Å². The summed E-state index contributed by atoms with van der Waals surface area (Å²) in [5.74, 6) is 0.465. The van der Waals surface area contributed by atoms with Crippen LogP contribution >= 0.6 is 11.6 Å². The van der Waals surface area contributed by atoms with Gasteiger partial charge in [-0.15, -0.1) is 11.6 Å². The van der Waals surface area contributed by atoms with E-state index in [4.69, 9.17) is 11.6 Å². The number of carbonyl (C=O) groups is 1. The van der Waals surface area contributed by atoms with Gasteiger partial charge in [-0.1, -0.05) is 19.8 Å². The molecule has 1 rings (SSSR count). The first-order valence-corrected chi connectivity index (χ1v) is 4.88. The predicted octanol–water partition coefficient (Wildman–Crippen LogP) is 2.76. The minimum atomic E-state index is -0.0260. The molecule has 0 bridgehead atoms. The molecule has 1 aliphatic carbocycles. The van der Waals surface area contributed by atoms with Crippen LogP contribution in [-0.4, -0.2) is 11.7 Å². The summed E-state index contributed by atoms with van der Waals surface area (Å²) in [6.07, 6.45) is 5.51. The van der Waals surface area contributed by atoms with E-state index in [1.165, 1.54) is 12.8 Å². The number of rotatable bonds is 3. The number of carbonyl (C=O) groups excluding carboxylic acids is 1. The van der Waals surface area contributed by atoms with Crippen LogP contribution in [0, 0.1) is 5.41 Å². The summed E-state index contributed by atoms with van der Waals surface area (Å²) in [6.45, 7) is 2.09. The quantitative estimate of drug-likeness (QED) is 0.602. The average molecular weight is 175 g/mol. The van der Waals surface area contributed by atoms with Crippen molar-refractivity contribution in [1.29, 1.82) is 0 Å². The van der Waals surface area contributed by atoms with Gasteiger partial charge in [0.15, 0.2) is 5.78 Å². The number of ketones is 1. The molecule has 0 aromatic heterocycles. The van der Waals surface area contributed by atoms with Crippen molar-refractivity contribution in [2.75, 3.05) is 5.88 Å². The molecule has 0 N–H and O–H groups in total. The van der Waals surface area contributed by atoms with Gasteiger partial charge in [0, 0.05) is 5.41 Å². The van der Waals surface area contributed by atoms with Gasteiger partial charge in [0.2, 0.25) is 0 Å². The van der Waals surface area contributed by atoms with Crippen molar-refractivity contribution in [3.8, 4) is 0 Å². The van der Waals surface area contributed by atoms with E-state index in [-0.39, 0.29) is 17.1 Å². The molecular formula is C9H15ClO. The van der Waals surface area contributed by atoms with E-state index >= 15 is 0 Å². The smallest absolute Gasteiger partial charge is 0.153 e. The Hall–Kier alpha value is -0.0400. The highest BCUT2D eigenvalue weighted by Gasteiger charge is 2.37. The van der Waals surface area contributed by atoms with Gasteiger partial charge >= 0.3 is 0 Å². The molecular weight excluding hydrogens is 160 g/mol. The first-order valence-electron chi connectivity index (χ1n) is 4.34. The lowest BCUT2D eigenvalue weighted by molar-refractivity contribution is -0.126. The largest absolute Gasteiger partial charge is 0.298 e.